The number of anilines is 2. The molecule has 3 N–H and O–H groups in total. The van der Waals surface area contributed by atoms with Gasteiger partial charge in [0.25, 0.3) is 0 Å². The number of nitrogens with one attached hydrogen (secondary N) is 1. The van der Waals surface area contributed by atoms with Crippen molar-refractivity contribution in [1.82, 2.24) is 5.16 Å². The van der Waals surface area contributed by atoms with Crippen molar-refractivity contribution >= 4 is 21.6 Å². The number of hydrogen-bond donors (Lipinski definition) is 2. The lowest BCUT2D eigenvalue weighted by molar-refractivity contribution is 0.436. The van der Waals surface area contributed by atoms with E-state index in [1.165, 1.54) is 6.20 Å². The molecule has 0 unspecified atom stereocenters. The lowest BCUT2D eigenvalue weighted by Gasteiger charge is -2.04. The van der Waals surface area contributed by atoms with Crippen LogP contribution in [0.2, 0.25) is 0 Å². The van der Waals surface area contributed by atoms with Crippen molar-refractivity contribution in [3.63, 3.8) is 0 Å². The van der Waals surface area contributed by atoms with Crippen LogP contribution in [0.1, 0.15) is 0 Å². The molecule has 0 aliphatic rings. The van der Waals surface area contributed by atoms with E-state index in [-0.39, 0.29) is 5.88 Å². The maximum absolute atomic E-state index is 11.0. The van der Waals surface area contributed by atoms with Crippen molar-refractivity contribution in [3.8, 4) is 11.1 Å². The second-order valence-corrected chi connectivity index (χ2v) is 5.30. The van der Waals surface area contributed by atoms with Crippen LogP contribution < -0.4 is 10.5 Å². The van der Waals surface area contributed by atoms with Gasteiger partial charge in [0.1, 0.15) is 0 Å². The molecule has 0 saturated carbocycles. The van der Waals surface area contributed by atoms with Gasteiger partial charge in [-0.05, 0) is 17.7 Å². The summed E-state index contributed by atoms with van der Waals surface area (Å²) < 4.78 is 29.1. The van der Waals surface area contributed by atoms with Crippen molar-refractivity contribution in [2.75, 3.05) is 16.7 Å². The van der Waals surface area contributed by atoms with Gasteiger partial charge in [0.05, 0.1) is 18.0 Å². The average Bonchev–Trinajstić information content (AvgIpc) is 2.63. The summed E-state index contributed by atoms with van der Waals surface area (Å²) in [6.45, 7) is 0. The summed E-state index contributed by atoms with van der Waals surface area (Å²) in [6.07, 6.45) is 2.60. The van der Waals surface area contributed by atoms with Crippen LogP contribution >= 0.6 is 0 Å². The number of benzene rings is 1. The van der Waals surface area contributed by atoms with Gasteiger partial charge < -0.3 is 10.3 Å². The van der Waals surface area contributed by atoms with Gasteiger partial charge in [-0.15, -0.1) is 0 Å². The molecule has 6 nitrogen and oxygen atoms in total. The van der Waals surface area contributed by atoms with E-state index in [0.717, 1.165) is 11.8 Å². The van der Waals surface area contributed by atoms with Crippen LogP contribution in [0.25, 0.3) is 11.1 Å². The highest BCUT2D eigenvalue weighted by Crippen LogP contribution is 2.26. The van der Waals surface area contributed by atoms with E-state index in [2.05, 4.69) is 9.88 Å². The fourth-order valence-corrected chi connectivity index (χ4v) is 1.96. The minimum Gasteiger partial charge on any atom is -0.367 e. The molecule has 0 bridgehead atoms. The van der Waals surface area contributed by atoms with Gasteiger partial charge in [0.15, 0.2) is 0 Å². The van der Waals surface area contributed by atoms with Crippen molar-refractivity contribution in [3.05, 3.63) is 30.5 Å². The van der Waals surface area contributed by atoms with E-state index in [9.17, 15) is 8.42 Å². The highest BCUT2D eigenvalue weighted by atomic mass is 32.2. The fourth-order valence-electron chi connectivity index (χ4n) is 1.40. The first kappa shape index (κ1) is 11.5. The SMILES string of the molecule is CS(=O)(=O)Nc1ccc(-c2cnoc2N)cc1. The van der Waals surface area contributed by atoms with Gasteiger partial charge in [-0.2, -0.15) is 0 Å². The first-order chi connectivity index (χ1) is 7.96. The van der Waals surface area contributed by atoms with E-state index >= 15 is 0 Å². The fraction of sp³-hybridized carbons (Fsp3) is 0.100. The second kappa shape index (κ2) is 4.10. The summed E-state index contributed by atoms with van der Waals surface area (Å²) in [5.74, 6) is 0.230. The van der Waals surface area contributed by atoms with Gasteiger partial charge in [-0.3, -0.25) is 4.72 Å². The quantitative estimate of drug-likeness (QED) is 0.859. The minimum absolute atomic E-state index is 0.230. The van der Waals surface area contributed by atoms with Gasteiger partial charge in [-0.1, -0.05) is 17.3 Å². The molecule has 0 amide bonds. The summed E-state index contributed by atoms with van der Waals surface area (Å²) in [6, 6.07) is 6.75. The molecule has 90 valence electrons. The van der Waals surface area contributed by atoms with E-state index in [1.807, 2.05) is 0 Å². The Hall–Kier alpha value is -2.02. The summed E-state index contributed by atoms with van der Waals surface area (Å²) >= 11 is 0. The molecular formula is C10H11N3O3S. The zero-order chi connectivity index (χ0) is 12.5. The maximum atomic E-state index is 11.0. The standard InChI is InChI=1S/C10H11N3O3S/c1-17(14,15)13-8-4-2-7(3-5-8)9-6-12-16-10(9)11/h2-6,13H,11H2,1H3. The molecular weight excluding hydrogens is 242 g/mol. The van der Waals surface area contributed by atoms with Crippen LogP contribution in [0, 0.1) is 0 Å². The number of nitrogens with two attached hydrogens (primary N) is 1. The molecule has 2 rings (SSSR count). The largest absolute Gasteiger partial charge is 0.367 e. The molecule has 0 aliphatic heterocycles. The third kappa shape index (κ3) is 2.76. The topological polar surface area (TPSA) is 98.2 Å². The molecule has 17 heavy (non-hydrogen) atoms. The smallest absolute Gasteiger partial charge is 0.229 e. The Morgan fingerprint density at radius 1 is 1.29 bits per heavy atom. The number of hydrogen-bond acceptors (Lipinski definition) is 5. The molecule has 1 aromatic heterocycles. The molecule has 0 atom stereocenters. The zero-order valence-electron chi connectivity index (χ0n) is 9.04. The summed E-state index contributed by atoms with van der Waals surface area (Å²) in [7, 11) is -3.26. The Bertz CT molecular complexity index is 617. The van der Waals surface area contributed by atoms with Gasteiger partial charge >= 0.3 is 0 Å². The molecule has 0 aliphatic carbocycles. The monoisotopic (exact) mass is 253 g/mol. The molecule has 0 spiro atoms. The molecule has 1 aromatic carbocycles. The normalized spacial score (nSPS) is 11.4. The van der Waals surface area contributed by atoms with Crippen LogP contribution in [0.15, 0.2) is 35.0 Å². The summed E-state index contributed by atoms with van der Waals surface area (Å²) in [5.41, 5.74) is 7.55. The van der Waals surface area contributed by atoms with Crippen LogP contribution in [-0.4, -0.2) is 19.8 Å². The molecule has 0 radical (unpaired) electrons. The Morgan fingerprint density at radius 3 is 2.41 bits per heavy atom. The van der Waals surface area contributed by atoms with Crippen molar-refractivity contribution in [2.24, 2.45) is 0 Å². The minimum atomic E-state index is -3.26. The van der Waals surface area contributed by atoms with Gasteiger partial charge in [-0.25, -0.2) is 8.42 Å². The first-order valence-electron chi connectivity index (χ1n) is 4.74. The molecule has 0 fully saturated rings. The third-order valence-electron chi connectivity index (χ3n) is 2.10. The van der Waals surface area contributed by atoms with E-state index in [1.54, 1.807) is 24.3 Å². The predicted octanol–water partition coefficient (Wildman–Crippen LogP) is 1.30. The Balaban J connectivity index is 2.28. The molecule has 0 saturated heterocycles. The lowest BCUT2D eigenvalue weighted by Crippen LogP contribution is -2.09. The summed E-state index contributed by atoms with van der Waals surface area (Å²) in [5, 5.41) is 3.57. The van der Waals surface area contributed by atoms with Crippen molar-refractivity contribution < 1.29 is 12.9 Å². The van der Waals surface area contributed by atoms with Crippen molar-refractivity contribution in [1.29, 1.82) is 0 Å². The third-order valence-corrected chi connectivity index (χ3v) is 2.70. The van der Waals surface area contributed by atoms with Crippen LogP contribution in [-0.2, 0) is 10.0 Å². The Labute approximate surface area is 98.5 Å². The van der Waals surface area contributed by atoms with E-state index < -0.39 is 10.0 Å². The first-order valence-corrected chi connectivity index (χ1v) is 6.63. The molecule has 7 heteroatoms. The Morgan fingerprint density at radius 2 is 1.94 bits per heavy atom. The molecule has 2 aromatic rings. The van der Waals surface area contributed by atoms with Crippen LogP contribution in [0.3, 0.4) is 0 Å². The highest BCUT2D eigenvalue weighted by Gasteiger charge is 2.07. The average molecular weight is 253 g/mol. The number of rotatable bonds is 3. The van der Waals surface area contributed by atoms with Crippen LogP contribution in [0.4, 0.5) is 11.6 Å². The maximum Gasteiger partial charge on any atom is 0.229 e. The van der Waals surface area contributed by atoms with E-state index in [0.29, 0.717) is 11.3 Å². The van der Waals surface area contributed by atoms with Crippen LogP contribution in [0.5, 0.6) is 0 Å². The predicted molar refractivity (Wildman–Crippen MR) is 64.8 cm³/mol. The number of nitrogens with zero attached hydrogens (tertiary/aromatic N) is 1. The summed E-state index contributed by atoms with van der Waals surface area (Å²) in [4.78, 5) is 0. The van der Waals surface area contributed by atoms with Gasteiger partial charge in [0, 0.05) is 5.69 Å². The van der Waals surface area contributed by atoms with E-state index in [4.69, 9.17) is 10.3 Å². The zero-order valence-corrected chi connectivity index (χ0v) is 9.86. The molecule has 1 heterocycles. The number of sulfonamides is 1. The van der Waals surface area contributed by atoms with Gasteiger partial charge in [0.2, 0.25) is 15.9 Å². The highest BCUT2D eigenvalue weighted by molar-refractivity contribution is 7.92. The Kier molecular flexibility index (Phi) is 2.76. The lowest BCUT2D eigenvalue weighted by atomic mass is 10.1. The number of aromatic nitrogens is 1. The number of nitrogen functional groups attached to an aromatic ring is 1. The van der Waals surface area contributed by atoms with Crippen molar-refractivity contribution in [2.45, 2.75) is 0 Å². The second-order valence-electron chi connectivity index (χ2n) is 3.56.